The van der Waals surface area contributed by atoms with Gasteiger partial charge in [0.1, 0.15) is 5.82 Å². The average Bonchev–Trinajstić information content (AvgIpc) is 3.21. The number of nitrogens with zero attached hydrogens (tertiary/aromatic N) is 2. The van der Waals surface area contributed by atoms with Crippen LogP contribution in [-0.4, -0.2) is 9.97 Å². The first-order valence-corrected chi connectivity index (χ1v) is 8.44. The van der Waals surface area contributed by atoms with Crippen molar-refractivity contribution < 1.29 is 4.42 Å². The molecule has 2 aromatic heterocycles. The molecule has 0 radical (unpaired) electrons. The second-order valence-corrected chi connectivity index (χ2v) is 6.43. The summed E-state index contributed by atoms with van der Waals surface area (Å²) in [5.74, 6) is 0.450. The lowest BCUT2D eigenvalue weighted by atomic mass is 10.0. The molecule has 0 saturated heterocycles. The fraction of sp³-hybridized carbons (Fsp3) is 0.100. The van der Waals surface area contributed by atoms with Gasteiger partial charge in [-0.15, -0.1) is 0 Å². The molecule has 0 fully saturated rings. The molecule has 0 aliphatic heterocycles. The summed E-state index contributed by atoms with van der Waals surface area (Å²) in [6, 6.07) is 14.9. The van der Waals surface area contributed by atoms with Gasteiger partial charge in [0, 0.05) is 24.2 Å². The molecule has 2 heterocycles. The molecule has 0 saturated carbocycles. The minimum atomic E-state index is 0.113. The van der Waals surface area contributed by atoms with Crippen LogP contribution in [0, 0.1) is 0 Å². The van der Waals surface area contributed by atoms with Crippen LogP contribution in [0.25, 0.3) is 22.2 Å². The Hall–Kier alpha value is -3.54. The van der Waals surface area contributed by atoms with Gasteiger partial charge in [-0.2, -0.15) is 9.97 Å². The van der Waals surface area contributed by atoms with Crippen molar-refractivity contribution in [3.05, 3.63) is 65.4 Å². The van der Waals surface area contributed by atoms with Crippen LogP contribution in [0.2, 0.25) is 0 Å². The molecule has 5 N–H and O–H groups in total. The summed E-state index contributed by atoms with van der Waals surface area (Å²) in [7, 11) is 0. The number of fused-ring (bicyclic) bond motifs is 4. The number of nitrogens with one attached hydrogen (secondary N) is 1. The van der Waals surface area contributed by atoms with Crippen molar-refractivity contribution in [3.63, 3.8) is 0 Å². The Morgan fingerprint density at radius 2 is 1.85 bits per heavy atom. The molecule has 6 nitrogen and oxygen atoms in total. The van der Waals surface area contributed by atoms with Gasteiger partial charge >= 0.3 is 0 Å². The molecule has 0 spiro atoms. The summed E-state index contributed by atoms with van der Waals surface area (Å²) in [5, 5.41) is 4.22. The normalized spacial score (nSPS) is 12.2. The standard InChI is InChI=1S/C20H17N5O/c21-18-17-12(10-26-19(17)25-20(22)24-18)9-23-16-7-3-6-14-13-5-2-1-4-11(13)8-15(14)16/h1-7,10,23H,8-9H2,(H4,21,22,24,25). The van der Waals surface area contributed by atoms with E-state index in [0.29, 0.717) is 23.5 Å². The van der Waals surface area contributed by atoms with E-state index in [-0.39, 0.29) is 5.95 Å². The van der Waals surface area contributed by atoms with Crippen LogP contribution in [0.5, 0.6) is 0 Å². The number of benzene rings is 2. The second kappa shape index (κ2) is 5.49. The predicted molar refractivity (Wildman–Crippen MR) is 103 cm³/mol. The minimum Gasteiger partial charge on any atom is -0.446 e. The lowest BCUT2D eigenvalue weighted by molar-refractivity contribution is 0.599. The third-order valence-corrected chi connectivity index (χ3v) is 4.88. The first-order chi connectivity index (χ1) is 12.7. The lowest BCUT2D eigenvalue weighted by Gasteiger charge is -2.11. The van der Waals surface area contributed by atoms with Crippen LogP contribution in [0.1, 0.15) is 16.7 Å². The number of nitrogen functional groups attached to an aromatic ring is 2. The Labute approximate surface area is 149 Å². The number of nitrogens with two attached hydrogens (primary N) is 2. The van der Waals surface area contributed by atoms with Gasteiger partial charge in [0.15, 0.2) is 0 Å². The molecule has 1 aliphatic rings. The van der Waals surface area contributed by atoms with Crippen molar-refractivity contribution in [2.45, 2.75) is 13.0 Å². The van der Waals surface area contributed by atoms with Gasteiger partial charge in [-0.25, -0.2) is 0 Å². The molecular formula is C20H17N5O. The van der Waals surface area contributed by atoms with Gasteiger partial charge in [-0.1, -0.05) is 36.4 Å². The van der Waals surface area contributed by atoms with E-state index in [4.69, 9.17) is 15.9 Å². The number of furan rings is 1. The SMILES string of the molecule is Nc1nc(N)c2c(CNc3cccc4c3Cc3ccccc3-4)coc2n1. The molecule has 5 rings (SSSR count). The maximum Gasteiger partial charge on any atom is 0.233 e. The molecular weight excluding hydrogens is 326 g/mol. The maximum atomic E-state index is 6.00. The molecule has 2 aromatic carbocycles. The maximum absolute atomic E-state index is 6.00. The summed E-state index contributed by atoms with van der Waals surface area (Å²) < 4.78 is 5.49. The Balaban J connectivity index is 1.48. The van der Waals surface area contributed by atoms with Crippen molar-refractivity contribution in [2.24, 2.45) is 0 Å². The van der Waals surface area contributed by atoms with E-state index in [0.717, 1.165) is 17.7 Å². The smallest absolute Gasteiger partial charge is 0.233 e. The zero-order valence-corrected chi connectivity index (χ0v) is 14.0. The Morgan fingerprint density at radius 1 is 1.00 bits per heavy atom. The molecule has 4 aromatic rings. The van der Waals surface area contributed by atoms with Crippen molar-refractivity contribution in [1.82, 2.24) is 9.97 Å². The van der Waals surface area contributed by atoms with Gasteiger partial charge in [-0.3, -0.25) is 0 Å². The van der Waals surface area contributed by atoms with Crippen LogP contribution in [0.3, 0.4) is 0 Å². The van der Waals surface area contributed by atoms with Crippen LogP contribution < -0.4 is 16.8 Å². The minimum absolute atomic E-state index is 0.113. The average molecular weight is 343 g/mol. The van der Waals surface area contributed by atoms with Crippen molar-refractivity contribution in [2.75, 3.05) is 16.8 Å². The Morgan fingerprint density at radius 3 is 2.77 bits per heavy atom. The number of rotatable bonds is 3. The van der Waals surface area contributed by atoms with E-state index in [1.165, 1.54) is 22.3 Å². The molecule has 1 aliphatic carbocycles. The first kappa shape index (κ1) is 14.8. The van der Waals surface area contributed by atoms with E-state index in [2.05, 4.69) is 57.7 Å². The summed E-state index contributed by atoms with van der Waals surface area (Å²) in [4.78, 5) is 8.12. The third kappa shape index (κ3) is 2.19. The molecule has 0 atom stereocenters. The number of aromatic nitrogens is 2. The van der Waals surface area contributed by atoms with Gasteiger partial charge in [0.05, 0.1) is 11.6 Å². The lowest BCUT2D eigenvalue weighted by Crippen LogP contribution is -2.04. The van der Waals surface area contributed by atoms with Gasteiger partial charge in [0.2, 0.25) is 11.7 Å². The van der Waals surface area contributed by atoms with Crippen LogP contribution in [0.15, 0.2) is 53.1 Å². The molecule has 0 amide bonds. The second-order valence-electron chi connectivity index (χ2n) is 6.43. The van der Waals surface area contributed by atoms with Gasteiger partial charge in [0.25, 0.3) is 0 Å². The molecule has 26 heavy (non-hydrogen) atoms. The van der Waals surface area contributed by atoms with E-state index in [1.54, 1.807) is 6.26 Å². The van der Waals surface area contributed by atoms with Gasteiger partial charge in [-0.05, 0) is 28.3 Å². The molecule has 0 bridgehead atoms. The quantitative estimate of drug-likeness (QED) is 0.463. The zero-order chi connectivity index (χ0) is 17.7. The molecule has 128 valence electrons. The monoisotopic (exact) mass is 343 g/mol. The summed E-state index contributed by atoms with van der Waals surface area (Å²) in [6.07, 6.45) is 2.59. The van der Waals surface area contributed by atoms with Crippen molar-refractivity contribution >= 4 is 28.6 Å². The van der Waals surface area contributed by atoms with E-state index in [9.17, 15) is 0 Å². The van der Waals surface area contributed by atoms with E-state index < -0.39 is 0 Å². The highest BCUT2D eigenvalue weighted by Gasteiger charge is 2.20. The third-order valence-electron chi connectivity index (χ3n) is 4.88. The van der Waals surface area contributed by atoms with Crippen molar-refractivity contribution in [1.29, 1.82) is 0 Å². The summed E-state index contributed by atoms with van der Waals surface area (Å²) >= 11 is 0. The van der Waals surface area contributed by atoms with Crippen LogP contribution >= 0.6 is 0 Å². The van der Waals surface area contributed by atoms with Crippen molar-refractivity contribution in [3.8, 4) is 11.1 Å². The van der Waals surface area contributed by atoms with Gasteiger partial charge < -0.3 is 21.2 Å². The van der Waals surface area contributed by atoms with E-state index >= 15 is 0 Å². The highest BCUT2D eigenvalue weighted by molar-refractivity contribution is 5.89. The highest BCUT2D eigenvalue weighted by Crippen LogP contribution is 2.40. The zero-order valence-electron chi connectivity index (χ0n) is 14.0. The first-order valence-electron chi connectivity index (χ1n) is 8.44. The largest absolute Gasteiger partial charge is 0.446 e. The predicted octanol–water partition coefficient (Wildman–Crippen LogP) is 3.57. The van der Waals surface area contributed by atoms with Crippen LogP contribution in [-0.2, 0) is 13.0 Å². The summed E-state index contributed by atoms with van der Waals surface area (Å²) in [6.45, 7) is 0.567. The number of hydrogen-bond acceptors (Lipinski definition) is 6. The summed E-state index contributed by atoms with van der Waals surface area (Å²) in [5.41, 5.74) is 19.3. The molecule has 6 heteroatoms. The van der Waals surface area contributed by atoms with Crippen LogP contribution in [0.4, 0.5) is 17.5 Å². The fourth-order valence-corrected chi connectivity index (χ4v) is 3.69. The highest BCUT2D eigenvalue weighted by atomic mass is 16.3. The Kier molecular flexibility index (Phi) is 3.12. The Bertz CT molecular complexity index is 1150. The number of anilines is 3. The fourth-order valence-electron chi connectivity index (χ4n) is 3.69. The number of hydrogen-bond donors (Lipinski definition) is 3. The topological polar surface area (TPSA) is 103 Å². The van der Waals surface area contributed by atoms with E-state index in [1.807, 2.05) is 0 Å². The molecule has 0 unspecified atom stereocenters.